The molecule has 0 aliphatic carbocycles. The van der Waals surface area contributed by atoms with Crippen LogP contribution in [0.25, 0.3) is 0 Å². The van der Waals surface area contributed by atoms with E-state index in [0.717, 1.165) is 31.4 Å². The van der Waals surface area contributed by atoms with Gasteiger partial charge in [0.05, 0.1) is 30.9 Å². The molecule has 1 spiro atoms. The summed E-state index contributed by atoms with van der Waals surface area (Å²) in [6, 6.07) is 5.47. The fourth-order valence-electron chi connectivity index (χ4n) is 7.47. The number of amides is 3. The zero-order chi connectivity index (χ0) is 28.1. The zero-order valence-electron chi connectivity index (χ0n) is 23.3. The molecule has 0 aromatic heterocycles. The maximum atomic E-state index is 14.3. The van der Waals surface area contributed by atoms with Gasteiger partial charge in [-0.2, -0.15) is 0 Å². The van der Waals surface area contributed by atoms with Gasteiger partial charge in [-0.05, 0) is 57.0 Å². The summed E-state index contributed by atoms with van der Waals surface area (Å²) >= 11 is 0. The minimum atomic E-state index is -2.92. The Morgan fingerprint density at radius 1 is 1.23 bits per heavy atom. The molecule has 10 heteroatoms. The Morgan fingerprint density at radius 2 is 2.00 bits per heavy atom. The number of ether oxygens (including phenoxy) is 1. The SMILES string of the molecule is C=CCN1C(=O)[C@@]2(O[C@@H](CC(=O)N3CCC[C@H]3CO)[C@H]([Si](C)(C)O)[C@H]2C)c2cc(N3CCCCC3=O)ccc21. The topological polar surface area (TPSA) is 111 Å². The van der Waals surface area contributed by atoms with Gasteiger partial charge in [-0.25, -0.2) is 0 Å². The first-order valence-electron chi connectivity index (χ1n) is 14.2. The van der Waals surface area contributed by atoms with E-state index in [2.05, 4.69) is 6.58 Å². The van der Waals surface area contributed by atoms with E-state index in [4.69, 9.17) is 4.74 Å². The standard InChI is InChI=1S/C29H41N3O6Si/c1-5-13-32-23-12-11-20(30-14-7-6-10-25(30)34)16-22(23)29(28(32)36)19(2)27(39(3,4)37)24(38-29)17-26(35)31-15-8-9-21(31)18-33/h5,11-12,16,19,21,24,27,33,37H,1,6-10,13-15,17-18H2,2-4H3/t19-,21+,24+,27-,29+/m1/s1. The number of anilines is 2. The van der Waals surface area contributed by atoms with Crippen LogP contribution < -0.4 is 9.80 Å². The van der Waals surface area contributed by atoms with Crippen LogP contribution in [0.15, 0.2) is 30.9 Å². The van der Waals surface area contributed by atoms with Crippen LogP contribution in [0, 0.1) is 5.92 Å². The highest BCUT2D eigenvalue weighted by atomic mass is 28.4. The molecule has 2 N–H and O–H groups in total. The molecule has 3 fully saturated rings. The predicted octanol–water partition coefficient (Wildman–Crippen LogP) is 2.91. The van der Waals surface area contributed by atoms with Gasteiger partial charge in [-0.1, -0.05) is 13.0 Å². The van der Waals surface area contributed by atoms with Gasteiger partial charge in [0.25, 0.3) is 5.91 Å². The van der Waals surface area contributed by atoms with Crippen molar-refractivity contribution >= 4 is 37.4 Å². The van der Waals surface area contributed by atoms with Gasteiger partial charge in [-0.15, -0.1) is 6.58 Å². The largest absolute Gasteiger partial charge is 0.432 e. The number of rotatable bonds is 7. The van der Waals surface area contributed by atoms with E-state index in [1.807, 2.05) is 38.2 Å². The monoisotopic (exact) mass is 555 g/mol. The van der Waals surface area contributed by atoms with Crippen molar-refractivity contribution in [3.8, 4) is 0 Å². The first-order chi connectivity index (χ1) is 18.5. The molecule has 4 aliphatic rings. The smallest absolute Gasteiger partial charge is 0.264 e. The lowest BCUT2D eigenvalue weighted by atomic mass is 9.82. The van der Waals surface area contributed by atoms with Gasteiger partial charge in [0.2, 0.25) is 11.8 Å². The Hall–Kier alpha value is -2.53. The van der Waals surface area contributed by atoms with E-state index in [1.54, 1.807) is 20.8 Å². The van der Waals surface area contributed by atoms with Crippen LogP contribution in [-0.4, -0.2) is 79.2 Å². The number of piperidine rings is 1. The third-order valence-electron chi connectivity index (χ3n) is 9.20. The number of carbonyl (C=O) groups is 3. The van der Waals surface area contributed by atoms with E-state index in [0.29, 0.717) is 37.3 Å². The normalized spacial score (nSPS) is 30.9. The molecule has 4 heterocycles. The van der Waals surface area contributed by atoms with Crippen molar-refractivity contribution in [1.82, 2.24) is 4.90 Å². The second-order valence-electron chi connectivity index (χ2n) is 12.0. The molecule has 0 radical (unpaired) electrons. The van der Waals surface area contributed by atoms with Crippen LogP contribution >= 0.6 is 0 Å². The van der Waals surface area contributed by atoms with E-state index in [1.165, 1.54) is 0 Å². The van der Waals surface area contributed by atoms with Gasteiger partial charge >= 0.3 is 0 Å². The first kappa shape index (κ1) is 28.0. The van der Waals surface area contributed by atoms with Crippen molar-refractivity contribution < 1.29 is 29.0 Å². The molecule has 1 aromatic rings. The lowest BCUT2D eigenvalue weighted by molar-refractivity contribution is -0.149. The molecule has 0 unspecified atom stereocenters. The van der Waals surface area contributed by atoms with E-state index < -0.39 is 25.9 Å². The molecule has 0 saturated carbocycles. The number of likely N-dealkylation sites (tertiary alicyclic amines) is 1. The van der Waals surface area contributed by atoms with Crippen molar-refractivity contribution in [1.29, 1.82) is 0 Å². The lowest BCUT2D eigenvalue weighted by Gasteiger charge is -2.33. The molecule has 39 heavy (non-hydrogen) atoms. The van der Waals surface area contributed by atoms with Crippen LogP contribution in [0.5, 0.6) is 0 Å². The number of fused-ring (bicyclic) bond motifs is 2. The number of carbonyl (C=O) groups excluding carboxylic acids is 3. The fourth-order valence-corrected chi connectivity index (χ4v) is 10.0. The molecule has 0 bridgehead atoms. The highest BCUT2D eigenvalue weighted by Crippen LogP contribution is 2.60. The third-order valence-corrected chi connectivity index (χ3v) is 11.7. The maximum absolute atomic E-state index is 14.3. The first-order valence-corrected chi connectivity index (χ1v) is 17.2. The number of aliphatic hydroxyl groups is 1. The zero-order valence-corrected chi connectivity index (χ0v) is 24.3. The van der Waals surface area contributed by atoms with Crippen LogP contribution in [-0.2, 0) is 24.7 Å². The summed E-state index contributed by atoms with van der Waals surface area (Å²) in [6.07, 6.45) is 4.96. The van der Waals surface area contributed by atoms with Crippen molar-refractivity contribution in [2.24, 2.45) is 5.92 Å². The minimum absolute atomic E-state index is 0.0403. The van der Waals surface area contributed by atoms with Gasteiger partial charge in [0.1, 0.15) is 0 Å². The summed E-state index contributed by atoms with van der Waals surface area (Å²) in [5.41, 5.74) is 0.379. The Morgan fingerprint density at radius 3 is 2.67 bits per heavy atom. The fraction of sp³-hybridized carbons (Fsp3) is 0.621. The Bertz CT molecular complexity index is 1170. The van der Waals surface area contributed by atoms with E-state index in [-0.39, 0.29) is 42.3 Å². The van der Waals surface area contributed by atoms with Crippen molar-refractivity contribution in [3.05, 3.63) is 36.4 Å². The van der Waals surface area contributed by atoms with Gasteiger partial charge in [0, 0.05) is 48.8 Å². The van der Waals surface area contributed by atoms with Crippen LogP contribution in [0.4, 0.5) is 11.4 Å². The van der Waals surface area contributed by atoms with Crippen LogP contribution in [0.3, 0.4) is 0 Å². The van der Waals surface area contributed by atoms with Crippen molar-refractivity contribution in [2.45, 2.75) is 81.8 Å². The minimum Gasteiger partial charge on any atom is -0.432 e. The van der Waals surface area contributed by atoms with E-state index in [9.17, 15) is 24.3 Å². The van der Waals surface area contributed by atoms with Gasteiger partial charge < -0.3 is 29.3 Å². The molecule has 5 atom stereocenters. The van der Waals surface area contributed by atoms with Crippen LogP contribution in [0.1, 0.15) is 51.0 Å². The molecule has 9 nitrogen and oxygen atoms in total. The summed E-state index contributed by atoms with van der Waals surface area (Å²) in [5, 5.41) is 9.77. The Balaban J connectivity index is 1.57. The Labute approximate surface area is 231 Å². The Kier molecular flexibility index (Phi) is 7.51. The van der Waals surface area contributed by atoms with Gasteiger partial charge in [-0.3, -0.25) is 14.4 Å². The van der Waals surface area contributed by atoms with Crippen molar-refractivity contribution in [2.75, 3.05) is 36.0 Å². The number of benzene rings is 1. The lowest BCUT2D eigenvalue weighted by Crippen LogP contribution is -2.46. The molecular weight excluding hydrogens is 514 g/mol. The highest BCUT2D eigenvalue weighted by molar-refractivity contribution is 6.71. The third kappa shape index (κ3) is 4.55. The number of nitrogens with zero attached hydrogens (tertiary/aromatic N) is 3. The van der Waals surface area contributed by atoms with Gasteiger partial charge in [0.15, 0.2) is 13.9 Å². The molecule has 1 aromatic carbocycles. The number of hydrogen-bond acceptors (Lipinski definition) is 6. The molecule has 3 amide bonds. The summed E-state index contributed by atoms with van der Waals surface area (Å²) in [7, 11) is -2.92. The summed E-state index contributed by atoms with van der Waals surface area (Å²) in [6.45, 7) is 10.9. The molecule has 4 aliphatic heterocycles. The summed E-state index contributed by atoms with van der Waals surface area (Å²) in [4.78, 5) is 57.1. The second kappa shape index (κ2) is 10.5. The summed E-state index contributed by atoms with van der Waals surface area (Å²) < 4.78 is 6.78. The molecular formula is C29H41N3O6Si. The second-order valence-corrected chi connectivity index (χ2v) is 16.0. The summed E-state index contributed by atoms with van der Waals surface area (Å²) in [5.74, 6) is -0.676. The predicted molar refractivity (Wildman–Crippen MR) is 151 cm³/mol. The number of hydrogen-bond donors (Lipinski definition) is 2. The number of aliphatic hydroxyl groups excluding tert-OH is 1. The average Bonchev–Trinajstić information content (AvgIpc) is 3.55. The molecule has 5 rings (SSSR count). The van der Waals surface area contributed by atoms with E-state index >= 15 is 0 Å². The maximum Gasteiger partial charge on any atom is 0.264 e. The average molecular weight is 556 g/mol. The highest BCUT2D eigenvalue weighted by Gasteiger charge is 2.66. The van der Waals surface area contributed by atoms with Crippen LogP contribution in [0.2, 0.25) is 18.6 Å². The van der Waals surface area contributed by atoms with Crippen molar-refractivity contribution in [3.63, 3.8) is 0 Å². The quantitative estimate of drug-likeness (QED) is 0.396. The molecule has 212 valence electrons. The molecule has 3 saturated heterocycles.